The van der Waals surface area contributed by atoms with Crippen molar-refractivity contribution < 1.29 is 18.0 Å². The molecule has 2 saturated heterocycles. The van der Waals surface area contributed by atoms with Gasteiger partial charge in [-0.05, 0) is 62.8 Å². The zero-order valence-electron chi connectivity index (χ0n) is 21.2. The van der Waals surface area contributed by atoms with E-state index in [1.54, 1.807) is 12.1 Å². The molecule has 36 heavy (non-hydrogen) atoms. The SMILES string of the molecule is CC1CN(C2(C)CCN(C(=O)C3(c4ccccc4)CC3)CC2)CCN1Cc1ccc(C(F)(F)F)cc1. The van der Waals surface area contributed by atoms with Crippen LogP contribution in [0.3, 0.4) is 0 Å². The summed E-state index contributed by atoms with van der Waals surface area (Å²) >= 11 is 0. The van der Waals surface area contributed by atoms with Crippen LogP contribution in [0.15, 0.2) is 54.6 Å². The van der Waals surface area contributed by atoms with Crippen molar-refractivity contribution in [1.82, 2.24) is 14.7 Å². The first-order valence-electron chi connectivity index (χ1n) is 13.1. The molecule has 2 aromatic carbocycles. The maximum atomic E-state index is 13.5. The molecule has 1 aliphatic carbocycles. The Morgan fingerprint density at radius 1 is 0.917 bits per heavy atom. The van der Waals surface area contributed by atoms with Crippen molar-refractivity contribution in [3.8, 4) is 0 Å². The molecule has 1 saturated carbocycles. The van der Waals surface area contributed by atoms with Gasteiger partial charge in [0.2, 0.25) is 5.91 Å². The lowest BCUT2D eigenvalue weighted by atomic mass is 9.85. The van der Waals surface area contributed by atoms with Crippen molar-refractivity contribution >= 4 is 5.91 Å². The van der Waals surface area contributed by atoms with Gasteiger partial charge < -0.3 is 4.90 Å². The molecule has 1 amide bonds. The number of piperidine rings is 1. The number of benzene rings is 2. The monoisotopic (exact) mass is 499 g/mol. The number of hydrogen-bond donors (Lipinski definition) is 0. The lowest BCUT2D eigenvalue weighted by Crippen LogP contribution is -2.62. The van der Waals surface area contributed by atoms with Crippen LogP contribution in [-0.2, 0) is 22.9 Å². The molecule has 2 heterocycles. The minimum atomic E-state index is -4.30. The molecule has 5 rings (SSSR count). The number of rotatable bonds is 5. The largest absolute Gasteiger partial charge is 0.416 e. The zero-order chi connectivity index (χ0) is 25.6. The van der Waals surface area contributed by atoms with Gasteiger partial charge in [-0.1, -0.05) is 42.5 Å². The van der Waals surface area contributed by atoms with E-state index in [0.717, 1.165) is 69.5 Å². The molecule has 0 aromatic heterocycles. The van der Waals surface area contributed by atoms with E-state index in [2.05, 4.69) is 40.7 Å². The van der Waals surface area contributed by atoms with Gasteiger partial charge >= 0.3 is 6.18 Å². The summed E-state index contributed by atoms with van der Waals surface area (Å²) in [4.78, 5) is 20.5. The van der Waals surface area contributed by atoms with Crippen LogP contribution in [-0.4, -0.2) is 64.9 Å². The van der Waals surface area contributed by atoms with Gasteiger partial charge in [-0.3, -0.25) is 14.6 Å². The summed E-state index contributed by atoms with van der Waals surface area (Å²) < 4.78 is 38.6. The van der Waals surface area contributed by atoms with Crippen LogP contribution in [0.4, 0.5) is 13.2 Å². The maximum absolute atomic E-state index is 13.5. The number of nitrogens with zero attached hydrogens (tertiary/aromatic N) is 3. The van der Waals surface area contributed by atoms with Crippen LogP contribution in [0.2, 0.25) is 0 Å². The summed E-state index contributed by atoms with van der Waals surface area (Å²) in [6.45, 7) is 9.54. The highest BCUT2D eigenvalue weighted by Gasteiger charge is 2.53. The lowest BCUT2D eigenvalue weighted by molar-refractivity contribution is -0.138. The van der Waals surface area contributed by atoms with Gasteiger partial charge in [0.05, 0.1) is 11.0 Å². The van der Waals surface area contributed by atoms with Gasteiger partial charge in [-0.15, -0.1) is 0 Å². The van der Waals surface area contributed by atoms with E-state index in [1.165, 1.54) is 12.1 Å². The van der Waals surface area contributed by atoms with Crippen LogP contribution in [0, 0.1) is 0 Å². The lowest BCUT2D eigenvalue weighted by Gasteiger charge is -2.52. The molecule has 0 spiro atoms. The second kappa shape index (κ2) is 9.49. The van der Waals surface area contributed by atoms with Gasteiger partial charge in [-0.2, -0.15) is 13.2 Å². The third-order valence-corrected chi connectivity index (χ3v) is 8.81. The Kier molecular flexibility index (Phi) is 6.66. The molecule has 4 nitrogen and oxygen atoms in total. The second-order valence-electron chi connectivity index (χ2n) is 11.2. The summed E-state index contributed by atoms with van der Waals surface area (Å²) in [5.41, 5.74) is 1.23. The molecule has 0 bridgehead atoms. The Hall–Kier alpha value is -2.38. The number of piperazine rings is 1. The number of carbonyl (C=O) groups excluding carboxylic acids is 1. The standard InChI is InChI=1S/C29H36F3N3O/c1-22-20-35(19-18-34(22)21-23-8-10-25(11-9-23)29(30,31)32)27(2)14-16-33(17-15-27)26(36)28(12-13-28)24-6-4-3-5-7-24/h3-11,22H,12-21H2,1-2H3. The van der Waals surface area contributed by atoms with E-state index in [9.17, 15) is 18.0 Å². The quantitative estimate of drug-likeness (QED) is 0.557. The Labute approximate surface area is 212 Å². The first-order valence-corrected chi connectivity index (χ1v) is 13.1. The fraction of sp³-hybridized carbons (Fsp3) is 0.552. The van der Waals surface area contributed by atoms with Gasteiger partial charge in [0, 0.05) is 50.8 Å². The van der Waals surface area contributed by atoms with E-state index < -0.39 is 11.7 Å². The smallest absolute Gasteiger partial charge is 0.342 e. The van der Waals surface area contributed by atoms with Gasteiger partial charge in [-0.25, -0.2) is 0 Å². The van der Waals surface area contributed by atoms with Crippen LogP contribution < -0.4 is 0 Å². The highest BCUT2D eigenvalue weighted by atomic mass is 19.4. The highest BCUT2D eigenvalue weighted by Crippen LogP contribution is 2.50. The normalized spacial score (nSPS) is 24.5. The first-order chi connectivity index (χ1) is 17.1. The molecule has 2 aliphatic heterocycles. The van der Waals surface area contributed by atoms with E-state index in [4.69, 9.17) is 0 Å². The second-order valence-corrected chi connectivity index (χ2v) is 11.2. The summed E-state index contributed by atoms with van der Waals surface area (Å²) in [5, 5.41) is 0. The maximum Gasteiger partial charge on any atom is 0.416 e. The number of hydrogen-bond acceptors (Lipinski definition) is 3. The van der Waals surface area contributed by atoms with Crippen molar-refractivity contribution in [3.63, 3.8) is 0 Å². The van der Waals surface area contributed by atoms with Crippen molar-refractivity contribution in [2.45, 2.75) is 69.2 Å². The van der Waals surface area contributed by atoms with Gasteiger partial charge in [0.25, 0.3) is 0 Å². The summed E-state index contributed by atoms with van der Waals surface area (Å²) in [7, 11) is 0. The van der Waals surface area contributed by atoms with Crippen molar-refractivity contribution in [3.05, 3.63) is 71.3 Å². The molecule has 3 aliphatic rings. The van der Waals surface area contributed by atoms with Crippen LogP contribution in [0.5, 0.6) is 0 Å². The zero-order valence-corrected chi connectivity index (χ0v) is 21.2. The Balaban J connectivity index is 1.15. The molecular weight excluding hydrogens is 463 g/mol. The molecular formula is C29H36F3N3O. The Morgan fingerprint density at radius 3 is 2.11 bits per heavy atom. The summed E-state index contributed by atoms with van der Waals surface area (Å²) in [5.74, 6) is 0.297. The predicted molar refractivity (Wildman–Crippen MR) is 134 cm³/mol. The Bertz CT molecular complexity index is 1060. The van der Waals surface area contributed by atoms with Crippen molar-refractivity contribution in [2.75, 3.05) is 32.7 Å². The number of likely N-dealkylation sites (tertiary alicyclic amines) is 1. The van der Waals surface area contributed by atoms with Crippen LogP contribution >= 0.6 is 0 Å². The molecule has 1 atom stereocenters. The number of halogens is 3. The third-order valence-electron chi connectivity index (χ3n) is 8.81. The summed E-state index contributed by atoms with van der Waals surface area (Å²) in [6, 6.07) is 16.1. The van der Waals surface area contributed by atoms with E-state index in [-0.39, 0.29) is 11.0 Å². The molecule has 194 valence electrons. The van der Waals surface area contributed by atoms with Gasteiger partial charge in [0.15, 0.2) is 0 Å². The topological polar surface area (TPSA) is 26.8 Å². The minimum Gasteiger partial charge on any atom is -0.342 e. The predicted octanol–water partition coefficient (Wildman–Crippen LogP) is 5.32. The molecule has 0 radical (unpaired) electrons. The molecule has 2 aromatic rings. The third kappa shape index (κ3) is 4.92. The van der Waals surface area contributed by atoms with E-state index in [1.807, 2.05) is 18.2 Å². The van der Waals surface area contributed by atoms with Crippen molar-refractivity contribution in [1.29, 1.82) is 0 Å². The van der Waals surface area contributed by atoms with Gasteiger partial charge in [0.1, 0.15) is 0 Å². The van der Waals surface area contributed by atoms with E-state index >= 15 is 0 Å². The molecule has 7 heteroatoms. The number of carbonyl (C=O) groups is 1. The molecule has 0 N–H and O–H groups in total. The average Bonchev–Trinajstić information content (AvgIpc) is 3.68. The van der Waals surface area contributed by atoms with Crippen molar-refractivity contribution in [2.24, 2.45) is 0 Å². The number of amides is 1. The fourth-order valence-electron chi connectivity index (χ4n) is 6.07. The fourth-order valence-corrected chi connectivity index (χ4v) is 6.07. The van der Waals surface area contributed by atoms with Crippen LogP contribution in [0.1, 0.15) is 56.2 Å². The first kappa shape index (κ1) is 25.3. The minimum absolute atomic E-state index is 0.0644. The molecule has 3 fully saturated rings. The van der Waals surface area contributed by atoms with E-state index in [0.29, 0.717) is 18.5 Å². The van der Waals surface area contributed by atoms with Crippen LogP contribution in [0.25, 0.3) is 0 Å². The Morgan fingerprint density at radius 2 is 1.56 bits per heavy atom. The highest BCUT2D eigenvalue weighted by molar-refractivity contribution is 5.91. The average molecular weight is 500 g/mol. The molecule has 1 unspecified atom stereocenters. The summed E-state index contributed by atoms with van der Waals surface area (Å²) in [6.07, 6.45) is -0.470. The number of alkyl halides is 3.